The highest BCUT2D eigenvalue weighted by atomic mass is 35.5. The first-order valence-corrected chi connectivity index (χ1v) is 13.4. The number of piperidine rings is 1. The summed E-state index contributed by atoms with van der Waals surface area (Å²) < 4.78 is 32.6. The van der Waals surface area contributed by atoms with Crippen molar-refractivity contribution in [3.63, 3.8) is 0 Å². The second-order valence-electron chi connectivity index (χ2n) is 8.47. The number of carbonyl (C=O) groups excluding carboxylic acids is 1. The monoisotopic (exact) mass is 516 g/mol. The van der Waals surface area contributed by atoms with Gasteiger partial charge in [-0.1, -0.05) is 11.6 Å². The maximum absolute atomic E-state index is 13.0. The van der Waals surface area contributed by atoms with Gasteiger partial charge in [-0.3, -0.25) is 9.78 Å². The first kappa shape index (κ1) is 25.2. The number of pyridine rings is 1. The van der Waals surface area contributed by atoms with Crippen LogP contribution < -0.4 is 15.4 Å². The van der Waals surface area contributed by atoms with Gasteiger partial charge in [0.2, 0.25) is 15.9 Å². The number of amides is 1. The number of hydrogen-bond donors (Lipinski definition) is 2. The fourth-order valence-corrected chi connectivity index (χ4v) is 5.90. The van der Waals surface area contributed by atoms with Gasteiger partial charge in [-0.15, -0.1) is 0 Å². The van der Waals surface area contributed by atoms with Crippen LogP contribution in [-0.4, -0.2) is 56.9 Å². The minimum atomic E-state index is -3.66. The van der Waals surface area contributed by atoms with Gasteiger partial charge in [-0.2, -0.15) is 4.31 Å². The Labute approximate surface area is 210 Å². The molecule has 2 aromatic carbocycles. The van der Waals surface area contributed by atoms with Crippen molar-refractivity contribution in [2.45, 2.75) is 24.2 Å². The molecule has 0 bridgehead atoms. The molecule has 4 rings (SSSR count). The van der Waals surface area contributed by atoms with E-state index in [0.29, 0.717) is 43.2 Å². The van der Waals surface area contributed by atoms with Crippen molar-refractivity contribution < 1.29 is 17.9 Å². The summed E-state index contributed by atoms with van der Waals surface area (Å²) in [7, 11) is -2.13. The molecule has 2 N–H and O–H groups in total. The molecule has 1 saturated heterocycles. The second kappa shape index (κ2) is 11.2. The molecular weight excluding hydrogens is 488 g/mol. The van der Waals surface area contributed by atoms with E-state index in [0.717, 1.165) is 23.0 Å². The molecule has 1 aromatic heterocycles. The molecular formula is C25H29ClN4O4S. The van der Waals surface area contributed by atoms with E-state index in [1.165, 1.54) is 23.5 Å². The van der Waals surface area contributed by atoms with Gasteiger partial charge < -0.3 is 15.4 Å². The van der Waals surface area contributed by atoms with Crippen LogP contribution in [0.3, 0.4) is 0 Å². The zero-order valence-corrected chi connectivity index (χ0v) is 21.1. The Kier molecular flexibility index (Phi) is 8.10. The van der Waals surface area contributed by atoms with Crippen molar-refractivity contribution in [2.24, 2.45) is 5.92 Å². The summed E-state index contributed by atoms with van der Waals surface area (Å²) in [5.41, 5.74) is 1.78. The number of methoxy groups -OCH3 is 1. The molecule has 0 unspecified atom stereocenters. The summed E-state index contributed by atoms with van der Waals surface area (Å²) in [5, 5.41) is 7.98. The minimum Gasteiger partial charge on any atom is -0.497 e. The molecule has 35 heavy (non-hydrogen) atoms. The van der Waals surface area contributed by atoms with Crippen LogP contribution in [0.5, 0.6) is 5.75 Å². The number of aromatic nitrogens is 1. The third-order valence-electron chi connectivity index (χ3n) is 6.13. The third kappa shape index (κ3) is 6.04. The number of nitrogens with one attached hydrogen (secondary N) is 2. The predicted molar refractivity (Wildman–Crippen MR) is 137 cm³/mol. The molecule has 1 aliphatic heterocycles. The van der Waals surface area contributed by atoms with E-state index < -0.39 is 10.0 Å². The number of nitrogens with zero attached hydrogens (tertiary/aromatic N) is 2. The summed E-state index contributed by atoms with van der Waals surface area (Å²) in [6.45, 7) is 1.77. The molecule has 1 amide bonds. The number of benzene rings is 2. The Morgan fingerprint density at radius 1 is 1.17 bits per heavy atom. The number of hydrogen-bond acceptors (Lipinski definition) is 6. The number of ether oxygens (including phenoxy) is 1. The molecule has 3 aromatic rings. The van der Waals surface area contributed by atoms with Crippen LogP contribution in [0.4, 0.5) is 5.69 Å². The Morgan fingerprint density at radius 2 is 1.97 bits per heavy atom. The molecule has 1 atom stereocenters. The second-order valence-corrected chi connectivity index (χ2v) is 10.8. The molecule has 1 fully saturated rings. The van der Waals surface area contributed by atoms with Crippen LogP contribution in [0.2, 0.25) is 5.02 Å². The quantitative estimate of drug-likeness (QED) is 0.418. The lowest BCUT2D eigenvalue weighted by Crippen LogP contribution is -2.45. The number of sulfonamides is 1. The van der Waals surface area contributed by atoms with Gasteiger partial charge >= 0.3 is 0 Å². The van der Waals surface area contributed by atoms with E-state index >= 15 is 0 Å². The summed E-state index contributed by atoms with van der Waals surface area (Å²) >= 11 is 6.04. The van der Waals surface area contributed by atoms with Crippen molar-refractivity contribution in [2.75, 3.05) is 38.6 Å². The van der Waals surface area contributed by atoms with Crippen LogP contribution in [0.15, 0.2) is 59.6 Å². The van der Waals surface area contributed by atoms with Gasteiger partial charge in [0.05, 0.1) is 23.4 Å². The summed E-state index contributed by atoms with van der Waals surface area (Å²) in [6.07, 6.45) is 3.78. The maximum atomic E-state index is 13.0. The molecule has 10 heteroatoms. The number of rotatable bonds is 9. The van der Waals surface area contributed by atoms with Crippen LogP contribution in [-0.2, 0) is 14.8 Å². The normalized spacial score (nSPS) is 16.7. The first-order chi connectivity index (χ1) is 16.9. The van der Waals surface area contributed by atoms with Crippen molar-refractivity contribution in [3.8, 4) is 5.75 Å². The van der Waals surface area contributed by atoms with Crippen LogP contribution in [0.25, 0.3) is 10.9 Å². The summed E-state index contributed by atoms with van der Waals surface area (Å²) in [5.74, 6) is 0.123. The van der Waals surface area contributed by atoms with Gasteiger partial charge in [0, 0.05) is 48.5 Å². The molecule has 1 aliphatic rings. The number of carbonyl (C=O) groups is 1. The highest BCUT2D eigenvalue weighted by molar-refractivity contribution is 7.89. The van der Waals surface area contributed by atoms with Gasteiger partial charge in [-0.25, -0.2) is 8.42 Å². The largest absolute Gasteiger partial charge is 0.497 e. The maximum Gasteiger partial charge on any atom is 0.243 e. The number of fused-ring (bicyclic) bond motifs is 1. The predicted octanol–water partition coefficient (Wildman–Crippen LogP) is 3.92. The average molecular weight is 517 g/mol. The molecule has 0 radical (unpaired) electrons. The van der Waals surface area contributed by atoms with Gasteiger partial charge in [0.25, 0.3) is 0 Å². The van der Waals surface area contributed by atoms with Crippen LogP contribution in [0, 0.1) is 5.92 Å². The number of halogens is 1. The van der Waals surface area contributed by atoms with E-state index in [1.54, 1.807) is 18.3 Å². The number of anilines is 1. The van der Waals surface area contributed by atoms with Gasteiger partial charge in [0.15, 0.2) is 0 Å². The molecule has 2 heterocycles. The standard InChI is InChI=1S/C25H29ClN4O4S/c1-34-20-6-8-21(9-7-20)35(32,33)30-15-2-4-18(17-30)25(31)29-13-3-12-27-23-11-14-28-24-16-19(26)5-10-22(23)24/h5-11,14,16,18H,2-4,12-13,15,17H2,1H3,(H,27,28)(H,29,31)/t18-/m1/s1. The van der Waals surface area contributed by atoms with E-state index in [1.807, 2.05) is 24.3 Å². The van der Waals surface area contributed by atoms with E-state index in [4.69, 9.17) is 16.3 Å². The van der Waals surface area contributed by atoms with Crippen LogP contribution >= 0.6 is 11.6 Å². The molecule has 0 aliphatic carbocycles. The first-order valence-electron chi connectivity index (χ1n) is 11.6. The Balaban J connectivity index is 1.26. The van der Waals surface area contributed by atoms with Gasteiger partial charge in [-0.05, 0) is 67.8 Å². The zero-order chi connectivity index (χ0) is 24.8. The summed E-state index contributed by atoms with van der Waals surface area (Å²) in [4.78, 5) is 17.3. The Bertz CT molecular complexity index is 1280. The molecule has 8 nitrogen and oxygen atoms in total. The van der Waals surface area contributed by atoms with Crippen molar-refractivity contribution in [1.29, 1.82) is 0 Å². The highest BCUT2D eigenvalue weighted by Crippen LogP contribution is 2.26. The minimum absolute atomic E-state index is 0.108. The SMILES string of the molecule is COc1ccc(S(=O)(=O)N2CCC[C@@H](C(=O)NCCCNc3ccnc4cc(Cl)ccc34)C2)cc1. The van der Waals surface area contributed by atoms with Gasteiger partial charge in [0.1, 0.15) is 5.75 Å². The van der Waals surface area contributed by atoms with Crippen molar-refractivity contribution in [3.05, 3.63) is 59.8 Å². The molecule has 0 saturated carbocycles. The van der Waals surface area contributed by atoms with Crippen molar-refractivity contribution >= 4 is 44.1 Å². The molecule has 186 valence electrons. The smallest absolute Gasteiger partial charge is 0.243 e. The fraction of sp³-hybridized carbons (Fsp3) is 0.360. The fourth-order valence-electron chi connectivity index (χ4n) is 4.21. The lowest BCUT2D eigenvalue weighted by Gasteiger charge is -2.31. The highest BCUT2D eigenvalue weighted by Gasteiger charge is 2.33. The van der Waals surface area contributed by atoms with E-state index in [9.17, 15) is 13.2 Å². The average Bonchev–Trinajstić information content (AvgIpc) is 2.88. The third-order valence-corrected chi connectivity index (χ3v) is 8.24. The Hall–Kier alpha value is -2.88. The molecule has 0 spiro atoms. The Morgan fingerprint density at radius 3 is 2.74 bits per heavy atom. The topological polar surface area (TPSA) is 101 Å². The zero-order valence-electron chi connectivity index (χ0n) is 19.5. The van der Waals surface area contributed by atoms with E-state index in [2.05, 4.69) is 15.6 Å². The lowest BCUT2D eigenvalue weighted by atomic mass is 9.99. The summed E-state index contributed by atoms with van der Waals surface area (Å²) in [6, 6.07) is 13.8. The lowest BCUT2D eigenvalue weighted by molar-refractivity contribution is -0.126. The van der Waals surface area contributed by atoms with E-state index in [-0.39, 0.29) is 23.3 Å². The van der Waals surface area contributed by atoms with Crippen molar-refractivity contribution in [1.82, 2.24) is 14.6 Å². The van der Waals surface area contributed by atoms with Crippen LogP contribution in [0.1, 0.15) is 19.3 Å².